The number of rotatable bonds is 4. The zero-order valence-corrected chi connectivity index (χ0v) is 15.5. The molecular weight excluding hydrogens is 369 g/mol. The van der Waals surface area contributed by atoms with Gasteiger partial charge in [0.05, 0.1) is 11.2 Å². The molecule has 0 aliphatic rings. The topological polar surface area (TPSA) is 113 Å². The first kappa shape index (κ1) is 18.3. The van der Waals surface area contributed by atoms with Gasteiger partial charge in [-0.25, -0.2) is 14.4 Å². The Morgan fingerprint density at radius 2 is 2.03 bits per heavy atom. The maximum atomic E-state index is 14.2. The Hall–Kier alpha value is -4.12. The number of halogens is 1. The molecule has 0 atom stereocenters. The molecule has 3 N–H and O–H groups in total. The molecule has 4 rings (SSSR count). The molecule has 0 aliphatic carbocycles. The number of aryl methyl sites for hydroxylation is 1. The number of nitrogens with one attached hydrogen (secondary N) is 1. The summed E-state index contributed by atoms with van der Waals surface area (Å²) in [6, 6.07) is 10.5. The second kappa shape index (κ2) is 7.48. The van der Waals surface area contributed by atoms with E-state index in [1.165, 1.54) is 18.5 Å². The van der Waals surface area contributed by atoms with Gasteiger partial charge in [0.2, 0.25) is 0 Å². The SMILES string of the molecule is Cc1cc(F)cc2c(-c3ccccn3)c(CNc3ncnc(N)c3C#N)cnc12. The fourth-order valence-electron chi connectivity index (χ4n) is 3.25. The smallest absolute Gasteiger partial charge is 0.149 e. The number of aromatic nitrogens is 4. The van der Waals surface area contributed by atoms with Crippen LogP contribution in [-0.4, -0.2) is 19.9 Å². The normalized spacial score (nSPS) is 10.7. The Bertz CT molecular complexity index is 1250. The Morgan fingerprint density at radius 3 is 2.79 bits per heavy atom. The van der Waals surface area contributed by atoms with E-state index in [9.17, 15) is 9.65 Å². The van der Waals surface area contributed by atoms with Crippen molar-refractivity contribution in [1.29, 1.82) is 5.26 Å². The van der Waals surface area contributed by atoms with Gasteiger partial charge in [-0.15, -0.1) is 0 Å². The van der Waals surface area contributed by atoms with Crippen molar-refractivity contribution in [3.63, 3.8) is 0 Å². The maximum Gasteiger partial charge on any atom is 0.149 e. The summed E-state index contributed by atoms with van der Waals surface area (Å²) < 4.78 is 14.2. The van der Waals surface area contributed by atoms with Gasteiger partial charge in [0.1, 0.15) is 35.4 Å². The molecule has 8 heteroatoms. The maximum absolute atomic E-state index is 14.2. The zero-order chi connectivity index (χ0) is 20.4. The van der Waals surface area contributed by atoms with Crippen molar-refractivity contribution in [2.75, 3.05) is 11.1 Å². The zero-order valence-electron chi connectivity index (χ0n) is 15.5. The molecule has 0 fully saturated rings. The molecule has 0 saturated heterocycles. The highest BCUT2D eigenvalue weighted by Crippen LogP contribution is 2.32. The molecule has 142 valence electrons. The Kier molecular flexibility index (Phi) is 4.71. The summed E-state index contributed by atoms with van der Waals surface area (Å²) in [6.45, 7) is 2.11. The van der Waals surface area contributed by atoms with Crippen LogP contribution in [0.2, 0.25) is 0 Å². The van der Waals surface area contributed by atoms with Crippen molar-refractivity contribution >= 4 is 22.5 Å². The summed E-state index contributed by atoms with van der Waals surface area (Å²) in [5, 5.41) is 13.1. The molecule has 4 aromatic rings. The highest BCUT2D eigenvalue weighted by Gasteiger charge is 2.16. The van der Waals surface area contributed by atoms with E-state index in [2.05, 4.69) is 25.3 Å². The molecule has 0 spiro atoms. The number of hydrogen-bond acceptors (Lipinski definition) is 7. The lowest BCUT2D eigenvalue weighted by Gasteiger charge is -2.15. The molecule has 3 heterocycles. The first-order valence-electron chi connectivity index (χ1n) is 8.82. The average Bonchev–Trinajstić information content (AvgIpc) is 2.72. The number of hydrogen-bond donors (Lipinski definition) is 2. The molecule has 0 radical (unpaired) electrons. The largest absolute Gasteiger partial charge is 0.382 e. The molecule has 0 unspecified atom stereocenters. The highest BCUT2D eigenvalue weighted by molar-refractivity contribution is 5.96. The van der Waals surface area contributed by atoms with Gasteiger partial charge < -0.3 is 11.1 Å². The van der Waals surface area contributed by atoms with Crippen LogP contribution in [0.1, 0.15) is 16.7 Å². The van der Waals surface area contributed by atoms with E-state index in [-0.39, 0.29) is 23.7 Å². The van der Waals surface area contributed by atoms with Gasteiger partial charge in [0, 0.05) is 29.9 Å². The van der Waals surface area contributed by atoms with E-state index in [4.69, 9.17) is 5.73 Å². The number of nitrogens with zero attached hydrogens (tertiary/aromatic N) is 5. The molecule has 7 nitrogen and oxygen atoms in total. The number of anilines is 2. The lowest BCUT2D eigenvalue weighted by molar-refractivity contribution is 0.628. The molecule has 29 heavy (non-hydrogen) atoms. The quantitative estimate of drug-likeness (QED) is 0.552. The number of nitriles is 1. The third-order valence-corrected chi connectivity index (χ3v) is 4.56. The van der Waals surface area contributed by atoms with Crippen LogP contribution in [0.25, 0.3) is 22.2 Å². The molecular formula is C21H16FN7. The summed E-state index contributed by atoms with van der Waals surface area (Å²) in [4.78, 5) is 16.9. The second-order valence-electron chi connectivity index (χ2n) is 6.44. The average molecular weight is 385 g/mol. The van der Waals surface area contributed by atoms with Crippen LogP contribution in [0.4, 0.5) is 16.0 Å². The van der Waals surface area contributed by atoms with Gasteiger partial charge in [-0.3, -0.25) is 9.97 Å². The summed E-state index contributed by atoms with van der Waals surface area (Å²) in [7, 11) is 0. The minimum Gasteiger partial charge on any atom is -0.382 e. The van der Waals surface area contributed by atoms with E-state index in [1.54, 1.807) is 12.4 Å². The van der Waals surface area contributed by atoms with Crippen LogP contribution in [-0.2, 0) is 6.54 Å². The van der Waals surface area contributed by atoms with Gasteiger partial charge in [0.15, 0.2) is 0 Å². The number of fused-ring (bicyclic) bond motifs is 1. The molecule has 0 bridgehead atoms. The molecule has 0 amide bonds. The fraction of sp³-hybridized carbons (Fsp3) is 0.0952. The van der Waals surface area contributed by atoms with Crippen molar-refractivity contribution in [2.45, 2.75) is 13.5 Å². The second-order valence-corrected chi connectivity index (χ2v) is 6.44. The number of benzene rings is 1. The van der Waals surface area contributed by atoms with Crippen molar-refractivity contribution < 1.29 is 4.39 Å². The monoisotopic (exact) mass is 385 g/mol. The van der Waals surface area contributed by atoms with E-state index in [0.29, 0.717) is 22.4 Å². The minimum absolute atomic E-state index is 0.101. The van der Waals surface area contributed by atoms with Gasteiger partial charge in [0.25, 0.3) is 0 Å². The number of pyridine rings is 2. The molecule has 0 saturated carbocycles. The molecule has 1 aromatic carbocycles. The molecule has 3 aromatic heterocycles. The molecule has 0 aliphatic heterocycles. The Balaban J connectivity index is 1.85. The Morgan fingerprint density at radius 1 is 1.17 bits per heavy atom. The lowest BCUT2D eigenvalue weighted by atomic mass is 9.98. The predicted molar refractivity (Wildman–Crippen MR) is 108 cm³/mol. The van der Waals surface area contributed by atoms with Crippen LogP contribution in [0.3, 0.4) is 0 Å². The van der Waals surface area contributed by atoms with Crippen molar-refractivity contribution in [3.05, 3.63) is 71.6 Å². The van der Waals surface area contributed by atoms with Gasteiger partial charge >= 0.3 is 0 Å². The van der Waals surface area contributed by atoms with E-state index >= 15 is 0 Å². The van der Waals surface area contributed by atoms with E-state index in [1.807, 2.05) is 31.2 Å². The highest BCUT2D eigenvalue weighted by atomic mass is 19.1. The van der Waals surface area contributed by atoms with Gasteiger partial charge in [-0.1, -0.05) is 6.07 Å². The van der Waals surface area contributed by atoms with Crippen LogP contribution >= 0.6 is 0 Å². The van der Waals surface area contributed by atoms with Crippen molar-refractivity contribution in [3.8, 4) is 17.3 Å². The number of nitrogens with two attached hydrogens (primary N) is 1. The van der Waals surface area contributed by atoms with Crippen molar-refractivity contribution in [2.24, 2.45) is 0 Å². The standard InChI is InChI=1S/C21H16FN7/c1-12-6-14(22)7-15-18(17-4-2-3-5-25-17)13(9-26-19(12)15)10-27-21-16(8-23)20(24)28-11-29-21/h2-7,9,11H,10H2,1H3,(H3,24,27,28,29). The Labute approximate surface area is 166 Å². The summed E-state index contributed by atoms with van der Waals surface area (Å²) in [5.74, 6) is 0.0844. The van der Waals surface area contributed by atoms with Crippen LogP contribution < -0.4 is 11.1 Å². The summed E-state index contributed by atoms with van der Waals surface area (Å²) in [5.41, 5.74) is 9.62. The van der Waals surface area contributed by atoms with Crippen LogP contribution in [0.15, 0.2) is 49.1 Å². The summed E-state index contributed by atoms with van der Waals surface area (Å²) in [6.07, 6.45) is 4.69. The van der Waals surface area contributed by atoms with Gasteiger partial charge in [-0.05, 0) is 42.3 Å². The van der Waals surface area contributed by atoms with Crippen LogP contribution in [0.5, 0.6) is 0 Å². The lowest BCUT2D eigenvalue weighted by Crippen LogP contribution is -2.08. The van der Waals surface area contributed by atoms with Gasteiger partial charge in [-0.2, -0.15) is 5.26 Å². The fourth-order valence-corrected chi connectivity index (χ4v) is 3.25. The third-order valence-electron chi connectivity index (χ3n) is 4.56. The van der Waals surface area contributed by atoms with E-state index in [0.717, 1.165) is 16.7 Å². The number of nitrogen functional groups attached to an aromatic ring is 1. The first-order chi connectivity index (χ1) is 14.1. The minimum atomic E-state index is -0.338. The predicted octanol–water partition coefficient (Wildman–Crippen LogP) is 3.60. The third kappa shape index (κ3) is 3.41. The summed E-state index contributed by atoms with van der Waals surface area (Å²) >= 11 is 0. The van der Waals surface area contributed by atoms with Crippen LogP contribution in [0, 0.1) is 24.1 Å². The van der Waals surface area contributed by atoms with E-state index < -0.39 is 0 Å². The first-order valence-corrected chi connectivity index (χ1v) is 8.82. The van der Waals surface area contributed by atoms with Crippen molar-refractivity contribution in [1.82, 2.24) is 19.9 Å².